The van der Waals surface area contributed by atoms with Crippen LogP contribution in [0.1, 0.15) is 5.56 Å². The van der Waals surface area contributed by atoms with Gasteiger partial charge < -0.3 is 9.08 Å². The van der Waals surface area contributed by atoms with Crippen LogP contribution in [0.5, 0.6) is 5.75 Å². The van der Waals surface area contributed by atoms with Crippen molar-refractivity contribution in [2.24, 2.45) is 0 Å². The van der Waals surface area contributed by atoms with E-state index in [1.807, 2.05) is 24.4 Å². The molecule has 1 aliphatic heterocycles. The van der Waals surface area contributed by atoms with Gasteiger partial charge in [0.1, 0.15) is 10.6 Å². The van der Waals surface area contributed by atoms with E-state index in [1.165, 1.54) is 24.0 Å². The summed E-state index contributed by atoms with van der Waals surface area (Å²) in [5, 5.41) is 0. The zero-order chi connectivity index (χ0) is 20.1. The van der Waals surface area contributed by atoms with Gasteiger partial charge in [-0.25, -0.2) is 0 Å². The number of hydrogen-bond donors (Lipinski definition) is 0. The highest BCUT2D eigenvalue weighted by molar-refractivity contribution is 7.87. The number of piperazine rings is 1. The van der Waals surface area contributed by atoms with E-state index in [0.717, 1.165) is 38.4 Å². The van der Waals surface area contributed by atoms with Gasteiger partial charge in [0.15, 0.2) is 0 Å². The summed E-state index contributed by atoms with van der Waals surface area (Å²) in [7, 11) is -3.88. The maximum atomic E-state index is 12.3. The van der Waals surface area contributed by atoms with Gasteiger partial charge in [-0.3, -0.25) is 14.9 Å². The van der Waals surface area contributed by atoms with Crippen LogP contribution in [0, 0.1) is 0 Å². The second-order valence-electron chi connectivity index (χ2n) is 6.84. The summed E-state index contributed by atoms with van der Waals surface area (Å²) in [6, 6.07) is 14.2. The Kier molecular flexibility index (Phi) is 5.73. The molecule has 29 heavy (non-hydrogen) atoms. The van der Waals surface area contributed by atoms with Crippen molar-refractivity contribution in [1.29, 1.82) is 0 Å². The third kappa shape index (κ3) is 4.90. The summed E-state index contributed by atoms with van der Waals surface area (Å²) in [5.41, 5.74) is 2.27. The highest BCUT2D eigenvalue weighted by Gasteiger charge is 2.19. The lowest BCUT2D eigenvalue weighted by Gasteiger charge is -2.36. The Bertz CT molecular complexity index is 1020. The summed E-state index contributed by atoms with van der Waals surface area (Å²) in [5.74, 6) is 0.285. The number of nitrogens with zero attached hydrogens (tertiary/aromatic N) is 4. The molecule has 2 aromatic heterocycles. The average molecular weight is 410 g/mol. The summed E-state index contributed by atoms with van der Waals surface area (Å²) >= 11 is 0. The molecule has 0 radical (unpaired) electrons. The molecule has 7 nitrogen and oxygen atoms in total. The van der Waals surface area contributed by atoms with Crippen LogP contribution in [0.15, 0.2) is 78.2 Å². The number of benzene rings is 1. The first-order chi connectivity index (χ1) is 14.1. The first kappa shape index (κ1) is 19.4. The van der Waals surface area contributed by atoms with Crippen LogP contribution < -0.4 is 9.08 Å². The molecule has 0 amide bonds. The lowest BCUT2D eigenvalue weighted by molar-refractivity contribution is 0.249. The van der Waals surface area contributed by atoms with Crippen molar-refractivity contribution in [3.63, 3.8) is 0 Å². The molecule has 0 bridgehead atoms. The van der Waals surface area contributed by atoms with Crippen molar-refractivity contribution < 1.29 is 12.6 Å². The lowest BCUT2D eigenvalue weighted by Crippen LogP contribution is -2.45. The predicted molar refractivity (Wildman–Crippen MR) is 110 cm³/mol. The number of anilines is 1. The van der Waals surface area contributed by atoms with E-state index in [0.29, 0.717) is 0 Å². The van der Waals surface area contributed by atoms with Gasteiger partial charge in [0.2, 0.25) is 0 Å². The van der Waals surface area contributed by atoms with E-state index in [2.05, 4.69) is 25.8 Å². The highest BCUT2D eigenvalue weighted by Crippen LogP contribution is 2.23. The van der Waals surface area contributed by atoms with Gasteiger partial charge in [-0.1, -0.05) is 6.07 Å². The molecule has 1 saturated heterocycles. The molecule has 150 valence electrons. The molecule has 0 aliphatic carbocycles. The van der Waals surface area contributed by atoms with Crippen LogP contribution in [-0.4, -0.2) is 49.5 Å². The fourth-order valence-corrected chi connectivity index (χ4v) is 4.19. The third-order valence-electron chi connectivity index (χ3n) is 4.83. The molecule has 0 atom stereocenters. The molecule has 0 spiro atoms. The van der Waals surface area contributed by atoms with Crippen molar-refractivity contribution in [3.8, 4) is 5.75 Å². The van der Waals surface area contributed by atoms with E-state index in [1.54, 1.807) is 24.4 Å². The zero-order valence-corrected chi connectivity index (χ0v) is 16.7. The Morgan fingerprint density at radius 1 is 0.862 bits per heavy atom. The van der Waals surface area contributed by atoms with Crippen molar-refractivity contribution >= 4 is 15.8 Å². The molecule has 1 fully saturated rings. The summed E-state index contributed by atoms with van der Waals surface area (Å²) in [6.45, 7) is 4.65. The molecule has 1 aromatic carbocycles. The second-order valence-corrected chi connectivity index (χ2v) is 8.39. The van der Waals surface area contributed by atoms with Crippen LogP contribution in [0.4, 0.5) is 5.69 Å². The molecule has 0 saturated carbocycles. The van der Waals surface area contributed by atoms with Gasteiger partial charge in [0.25, 0.3) is 0 Å². The van der Waals surface area contributed by atoms with Crippen molar-refractivity contribution in [3.05, 3.63) is 78.9 Å². The Morgan fingerprint density at radius 3 is 2.17 bits per heavy atom. The number of pyridine rings is 2. The van der Waals surface area contributed by atoms with Crippen molar-refractivity contribution in [1.82, 2.24) is 14.9 Å². The van der Waals surface area contributed by atoms with Crippen LogP contribution in [0.25, 0.3) is 0 Å². The minimum atomic E-state index is -3.88. The highest BCUT2D eigenvalue weighted by atomic mass is 32.2. The number of aromatic nitrogens is 2. The quantitative estimate of drug-likeness (QED) is 0.578. The Hall–Kier alpha value is -2.97. The van der Waals surface area contributed by atoms with E-state index >= 15 is 0 Å². The first-order valence-corrected chi connectivity index (χ1v) is 10.8. The third-order valence-corrected chi connectivity index (χ3v) is 6.06. The average Bonchev–Trinajstić information content (AvgIpc) is 2.76. The van der Waals surface area contributed by atoms with Gasteiger partial charge in [0.05, 0.1) is 0 Å². The molecule has 8 heteroatoms. The SMILES string of the molecule is O=S(=O)(Oc1ccc(N2CCN(Cc3cccnc3)CC2)cc1)c1cccnc1. The van der Waals surface area contributed by atoms with Crippen molar-refractivity contribution in [2.45, 2.75) is 11.4 Å². The maximum Gasteiger partial charge on any atom is 0.340 e. The van der Waals surface area contributed by atoms with Crippen LogP contribution >= 0.6 is 0 Å². The first-order valence-electron chi connectivity index (χ1n) is 9.41. The van der Waals surface area contributed by atoms with Gasteiger partial charge in [-0.2, -0.15) is 8.42 Å². The fourth-order valence-electron chi connectivity index (χ4n) is 3.30. The van der Waals surface area contributed by atoms with Crippen molar-refractivity contribution in [2.75, 3.05) is 31.1 Å². The standard InChI is InChI=1S/C21H22N4O3S/c26-29(27,21-4-2-10-23-16-21)28-20-7-5-19(6-8-20)25-13-11-24(12-14-25)17-18-3-1-9-22-15-18/h1-10,15-16H,11-14,17H2. The van der Waals surface area contributed by atoms with Gasteiger partial charge in [-0.05, 0) is 48.0 Å². The maximum absolute atomic E-state index is 12.3. The topological polar surface area (TPSA) is 75.6 Å². The van der Waals surface area contributed by atoms with Crippen LogP contribution in [-0.2, 0) is 16.7 Å². The molecule has 3 heterocycles. The van der Waals surface area contributed by atoms with Gasteiger partial charge in [0, 0.05) is 63.2 Å². The summed E-state index contributed by atoms with van der Waals surface area (Å²) < 4.78 is 29.8. The molecule has 0 unspecified atom stereocenters. The summed E-state index contributed by atoms with van der Waals surface area (Å²) in [4.78, 5) is 12.7. The molecular weight excluding hydrogens is 388 g/mol. The number of hydrogen-bond acceptors (Lipinski definition) is 7. The van der Waals surface area contributed by atoms with Gasteiger partial charge in [-0.15, -0.1) is 0 Å². The van der Waals surface area contributed by atoms with Crippen LogP contribution in [0.2, 0.25) is 0 Å². The molecule has 4 rings (SSSR count). The second kappa shape index (κ2) is 8.59. The molecule has 1 aliphatic rings. The Balaban J connectivity index is 1.34. The minimum absolute atomic E-state index is 0.0359. The Morgan fingerprint density at radius 2 is 1.55 bits per heavy atom. The lowest BCUT2D eigenvalue weighted by atomic mass is 10.2. The van der Waals surface area contributed by atoms with E-state index < -0.39 is 10.1 Å². The Labute approximate surface area is 170 Å². The normalized spacial score (nSPS) is 15.2. The molecular formula is C21H22N4O3S. The summed E-state index contributed by atoms with van der Waals surface area (Å²) in [6.07, 6.45) is 6.49. The largest absolute Gasteiger partial charge is 0.379 e. The van der Waals surface area contributed by atoms with Crippen LogP contribution in [0.3, 0.4) is 0 Å². The number of rotatable bonds is 6. The monoisotopic (exact) mass is 410 g/mol. The van der Waals surface area contributed by atoms with Gasteiger partial charge >= 0.3 is 10.1 Å². The molecule has 3 aromatic rings. The molecule has 0 N–H and O–H groups in total. The fraction of sp³-hybridized carbons (Fsp3) is 0.238. The van der Waals surface area contributed by atoms with E-state index in [4.69, 9.17) is 4.18 Å². The van der Waals surface area contributed by atoms with E-state index in [9.17, 15) is 8.42 Å². The smallest absolute Gasteiger partial charge is 0.340 e. The van der Waals surface area contributed by atoms with E-state index in [-0.39, 0.29) is 10.6 Å². The zero-order valence-electron chi connectivity index (χ0n) is 15.9. The predicted octanol–water partition coefficient (Wildman–Crippen LogP) is 2.57. The minimum Gasteiger partial charge on any atom is -0.379 e.